The van der Waals surface area contributed by atoms with Gasteiger partial charge in [0, 0.05) is 32.4 Å². The molecule has 0 aliphatic heterocycles. The molecule has 0 bridgehead atoms. The molecule has 0 spiro atoms. The molecule has 1 aromatic carbocycles. The highest BCUT2D eigenvalue weighted by molar-refractivity contribution is 5.93. The lowest BCUT2D eigenvalue weighted by molar-refractivity contribution is -0.142. The third-order valence-corrected chi connectivity index (χ3v) is 2.96. The molecule has 21 heavy (non-hydrogen) atoms. The van der Waals surface area contributed by atoms with E-state index in [1.165, 1.54) is 11.0 Å². The van der Waals surface area contributed by atoms with Gasteiger partial charge in [-0.1, -0.05) is 19.1 Å². The van der Waals surface area contributed by atoms with Crippen molar-refractivity contribution in [2.24, 2.45) is 0 Å². The second-order valence-electron chi connectivity index (χ2n) is 4.97. The van der Waals surface area contributed by atoms with Crippen LogP contribution in [-0.4, -0.2) is 49.1 Å². The van der Waals surface area contributed by atoms with Crippen molar-refractivity contribution in [2.45, 2.75) is 13.3 Å². The molecule has 5 heteroatoms. The van der Waals surface area contributed by atoms with Crippen LogP contribution in [-0.2, 0) is 9.59 Å². The lowest BCUT2D eigenvalue weighted by Crippen LogP contribution is -2.35. The summed E-state index contributed by atoms with van der Waals surface area (Å²) in [5.74, 6) is -1.28. The van der Waals surface area contributed by atoms with Gasteiger partial charge in [0.2, 0.25) is 5.91 Å². The third kappa shape index (κ3) is 5.69. The van der Waals surface area contributed by atoms with E-state index in [1.54, 1.807) is 6.08 Å². The number of aliphatic carboxylic acids is 1. The highest BCUT2D eigenvalue weighted by Gasteiger charge is 2.12. The van der Waals surface area contributed by atoms with Gasteiger partial charge in [-0.05, 0) is 30.2 Å². The van der Waals surface area contributed by atoms with Gasteiger partial charge in [-0.3, -0.25) is 9.59 Å². The van der Waals surface area contributed by atoms with Crippen molar-refractivity contribution in [1.82, 2.24) is 4.90 Å². The number of carbonyl (C=O) groups excluding carboxylic acids is 1. The number of carbonyl (C=O) groups is 2. The SMILES string of the molecule is CCCN(CC(=O)O)C(=O)/C=C/c1ccc(N(C)C)cc1. The Morgan fingerprint density at radius 2 is 1.81 bits per heavy atom. The predicted molar refractivity (Wildman–Crippen MR) is 84.3 cm³/mol. The number of hydrogen-bond acceptors (Lipinski definition) is 3. The number of amides is 1. The first kappa shape index (κ1) is 16.8. The van der Waals surface area contributed by atoms with Crippen molar-refractivity contribution in [3.63, 3.8) is 0 Å². The fourth-order valence-electron chi connectivity index (χ4n) is 1.86. The fraction of sp³-hybridized carbons (Fsp3) is 0.375. The van der Waals surface area contributed by atoms with Crippen LogP contribution in [0.4, 0.5) is 5.69 Å². The first-order chi connectivity index (χ1) is 9.93. The first-order valence-corrected chi connectivity index (χ1v) is 6.90. The van der Waals surface area contributed by atoms with Gasteiger partial charge in [0.25, 0.3) is 0 Å². The number of carboxylic acids is 1. The molecule has 0 aliphatic rings. The molecule has 0 heterocycles. The molecule has 114 valence electrons. The Bertz CT molecular complexity index is 507. The second kappa shape index (κ2) is 8.09. The van der Waals surface area contributed by atoms with Crippen LogP contribution < -0.4 is 4.90 Å². The summed E-state index contributed by atoms with van der Waals surface area (Å²) in [6.07, 6.45) is 3.85. The molecule has 0 fully saturated rings. The maximum atomic E-state index is 12.0. The van der Waals surface area contributed by atoms with Gasteiger partial charge in [0.15, 0.2) is 0 Å². The van der Waals surface area contributed by atoms with E-state index in [4.69, 9.17) is 5.11 Å². The zero-order valence-corrected chi connectivity index (χ0v) is 12.7. The van der Waals surface area contributed by atoms with E-state index in [9.17, 15) is 9.59 Å². The highest BCUT2D eigenvalue weighted by Crippen LogP contribution is 2.13. The minimum Gasteiger partial charge on any atom is -0.480 e. The highest BCUT2D eigenvalue weighted by atomic mass is 16.4. The van der Waals surface area contributed by atoms with Crippen LogP contribution in [0.5, 0.6) is 0 Å². The van der Waals surface area contributed by atoms with Gasteiger partial charge in [-0.2, -0.15) is 0 Å². The number of carboxylic acid groups (broad SMARTS) is 1. The van der Waals surface area contributed by atoms with Crippen molar-refractivity contribution in [3.8, 4) is 0 Å². The van der Waals surface area contributed by atoms with Crippen molar-refractivity contribution in [2.75, 3.05) is 32.1 Å². The molecule has 1 rings (SSSR count). The lowest BCUT2D eigenvalue weighted by atomic mass is 10.2. The van der Waals surface area contributed by atoms with Gasteiger partial charge in [0.05, 0.1) is 0 Å². The summed E-state index contributed by atoms with van der Waals surface area (Å²) in [5.41, 5.74) is 1.98. The molecular weight excluding hydrogens is 268 g/mol. The predicted octanol–water partition coefficient (Wildman–Crippen LogP) is 2.09. The summed E-state index contributed by atoms with van der Waals surface area (Å²) in [4.78, 5) is 26.0. The fourth-order valence-corrected chi connectivity index (χ4v) is 1.86. The quantitative estimate of drug-likeness (QED) is 0.781. The van der Waals surface area contributed by atoms with Crippen molar-refractivity contribution in [1.29, 1.82) is 0 Å². The second-order valence-corrected chi connectivity index (χ2v) is 4.97. The zero-order valence-electron chi connectivity index (χ0n) is 12.7. The Morgan fingerprint density at radius 1 is 1.19 bits per heavy atom. The Morgan fingerprint density at radius 3 is 2.29 bits per heavy atom. The van der Waals surface area contributed by atoms with Gasteiger partial charge >= 0.3 is 5.97 Å². The number of anilines is 1. The number of hydrogen-bond donors (Lipinski definition) is 1. The largest absolute Gasteiger partial charge is 0.480 e. The van der Waals surface area contributed by atoms with Crippen LogP contribution in [0.1, 0.15) is 18.9 Å². The van der Waals surface area contributed by atoms with Crippen LogP contribution in [0.25, 0.3) is 6.08 Å². The average Bonchev–Trinajstić information content (AvgIpc) is 2.44. The monoisotopic (exact) mass is 290 g/mol. The van der Waals surface area contributed by atoms with Crippen molar-refractivity contribution < 1.29 is 14.7 Å². The molecule has 0 atom stereocenters. The van der Waals surface area contributed by atoms with E-state index < -0.39 is 5.97 Å². The van der Waals surface area contributed by atoms with Crippen molar-refractivity contribution >= 4 is 23.6 Å². The number of nitrogens with zero attached hydrogens (tertiary/aromatic N) is 2. The van der Waals surface area contributed by atoms with E-state index >= 15 is 0 Å². The Hall–Kier alpha value is -2.30. The summed E-state index contributed by atoms with van der Waals surface area (Å²) >= 11 is 0. The van der Waals surface area contributed by atoms with E-state index in [2.05, 4.69) is 0 Å². The molecule has 0 saturated heterocycles. The molecule has 1 aromatic rings. The lowest BCUT2D eigenvalue weighted by Gasteiger charge is -2.17. The molecular formula is C16H22N2O3. The maximum Gasteiger partial charge on any atom is 0.323 e. The molecule has 1 N–H and O–H groups in total. The van der Waals surface area contributed by atoms with Crippen LogP contribution in [0.15, 0.2) is 30.3 Å². The minimum atomic E-state index is -1.000. The Kier molecular flexibility index (Phi) is 6.46. The summed E-state index contributed by atoms with van der Waals surface area (Å²) in [6, 6.07) is 7.76. The minimum absolute atomic E-state index is 0.267. The summed E-state index contributed by atoms with van der Waals surface area (Å²) in [7, 11) is 3.92. The summed E-state index contributed by atoms with van der Waals surface area (Å²) in [5, 5.41) is 8.80. The maximum absolute atomic E-state index is 12.0. The van der Waals surface area contributed by atoms with E-state index in [0.29, 0.717) is 6.54 Å². The smallest absolute Gasteiger partial charge is 0.323 e. The topological polar surface area (TPSA) is 60.9 Å². The standard InChI is InChI=1S/C16H22N2O3/c1-4-11-18(12-16(20)21)15(19)10-7-13-5-8-14(9-6-13)17(2)3/h5-10H,4,11-12H2,1-3H3,(H,20,21)/b10-7+. The van der Waals surface area contributed by atoms with E-state index in [-0.39, 0.29) is 12.5 Å². The molecule has 0 unspecified atom stereocenters. The molecule has 0 saturated carbocycles. The Balaban J connectivity index is 2.72. The first-order valence-electron chi connectivity index (χ1n) is 6.90. The van der Waals surface area contributed by atoms with Crippen LogP contribution >= 0.6 is 0 Å². The summed E-state index contributed by atoms with van der Waals surface area (Å²) < 4.78 is 0. The van der Waals surface area contributed by atoms with Gasteiger partial charge in [-0.15, -0.1) is 0 Å². The van der Waals surface area contributed by atoms with Gasteiger partial charge < -0.3 is 14.9 Å². The molecule has 1 amide bonds. The van der Waals surface area contributed by atoms with E-state index in [0.717, 1.165) is 17.7 Å². The number of rotatable bonds is 7. The number of benzene rings is 1. The van der Waals surface area contributed by atoms with E-state index in [1.807, 2.05) is 50.2 Å². The molecule has 0 aromatic heterocycles. The van der Waals surface area contributed by atoms with Crippen molar-refractivity contribution in [3.05, 3.63) is 35.9 Å². The zero-order chi connectivity index (χ0) is 15.8. The van der Waals surface area contributed by atoms with Gasteiger partial charge in [0.1, 0.15) is 6.54 Å². The van der Waals surface area contributed by atoms with Crippen LogP contribution in [0.2, 0.25) is 0 Å². The molecule has 5 nitrogen and oxygen atoms in total. The third-order valence-electron chi connectivity index (χ3n) is 2.96. The van der Waals surface area contributed by atoms with Crippen LogP contribution in [0, 0.1) is 0 Å². The average molecular weight is 290 g/mol. The molecule has 0 radical (unpaired) electrons. The summed E-state index contributed by atoms with van der Waals surface area (Å²) in [6.45, 7) is 2.08. The van der Waals surface area contributed by atoms with Gasteiger partial charge in [-0.25, -0.2) is 0 Å². The van der Waals surface area contributed by atoms with Crippen LogP contribution in [0.3, 0.4) is 0 Å². The molecule has 0 aliphatic carbocycles. The Labute approximate surface area is 125 Å². The normalized spacial score (nSPS) is 10.6.